The third-order valence-electron chi connectivity index (χ3n) is 6.63. The maximum absolute atomic E-state index is 13.3. The lowest BCUT2D eigenvalue weighted by atomic mass is 9.70. The molecule has 2 aliphatic rings. The van der Waals surface area contributed by atoms with Crippen LogP contribution in [-0.2, 0) is 33.8 Å². The zero-order valence-corrected chi connectivity index (χ0v) is 17.4. The summed E-state index contributed by atoms with van der Waals surface area (Å²) < 4.78 is 5.53. The number of ether oxygens (including phenoxy) is 1. The molecule has 2 fully saturated rings. The molecule has 2 aliphatic heterocycles. The largest absolute Gasteiger partial charge is 0.465 e. The van der Waals surface area contributed by atoms with E-state index in [0.29, 0.717) is 25.9 Å². The highest BCUT2D eigenvalue weighted by molar-refractivity contribution is 5.85. The van der Waals surface area contributed by atoms with Crippen LogP contribution in [0, 0.1) is 5.41 Å². The summed E-state index contributed by atoms with van der Waals surface area (Å²) in [5, 5.41) is 9.22. The van der Waals surface area contributed by atoms with Crippen LogP contribution < -0.4 is 0 Å². The van der Waals surface area contributed by atoms with Crippen molar-refractivity contribution in [2.45, 2.75) is 57.7 Å². The van der Waals surface area contributed by atoms with E-state index in [1.54, 1.807) is 0 Å². The Morgan fingerprint density at radius 3 is 2.40 bits per heavy atom. The third kappa shape index (κ3) is 3.74. The molecular weight excluding hydrogens is 378 g/mol. The van der Waals surface area contributed by atoms with Gasteiger partial charge in [0.1, 0.15) is 0 Å². The molecule has 30 heavy (non-hydrogen) atoms. The molecule has 0 saturated carbocycles. The Bertz CT molecular complexity index is 895. The number of hydrogen-bond donors (Lipinski definition) is 1. The van der Waals surface area contributed by atoms with Crippen LogP contribution in [0.15, 0.2) is 54.6 Å². The maximum atomic E-state index is 13.3. The number of amides is 1. The molecule has 0 aromatic heterocycles. The minimum Gasteiger partial charge on any atom is -0.465 e. The van der Waals surface area contributed by atoms with Crippen molar-refractivity contribution >= 4 is 11.9 Å². The lowest BCUT2D eigenvalue weighted by molar-refractivity contribution is -0.158. The maximum Gasteiger partial charge on any atom is 0.314 e. The molecule has 158 valence electrons. The van der Waals surface area contributed by atoms with Crippen molar-refractivity contribution in [2.75, 3.05) is 6.61 Å². The molecule has 5 nitrogen and oxygen atoms in total. The first-order valence-electron chi connectivity index (χ1n) is 10.8. The molecule has 0 radical (unpaired) electrons. The van der Waals surface area contributed by atoms with Gasteiger partial charge in [0.15, 0.2) is 0 Å². The summed E-state index contributed by atoms with van der Waals surface area (Å²) in [6.45, 7) is 2.17. The second kappa shape index (κ2) is 8.60. The summed E-state index contributed by atoms with van der Waals surface area (Å²) in [5.41, 5.74) is 2.19. The lowest BCUT2D eigenvalue weighted by Crippen LogP contribution is -2.47. The summed E-state index contributed by atoms with van der Waals surface area (Å²) in [5.74, 6) is -0.107. The van der Waals surface area contributed by atoms with Gasteiger partial charge in [0.2, 0.25) is 5.91 Å². The summed E-state index contributed by atoms with van der Waals surface area (Å²) in [6.07, 6.45) is 3.35. The van der Waals surface area contributed by atoms with E-state index in [4.69, 9.17) is 4.74 Å². The highest BCUT2D eigenvalue weighted by atomic mass is 16.5. The van der Waals surface area contributed by atoms with Crippen LogP contribution in [0.3, 0.4) is 0 Å². The fraction of sp³-hybridized carbons (Fsp3) is 0.440. The molecule has 0 spiro atoms. The van der Waals surface area contributed by atoms with E-state index in [1.165, 1.54) is 0 Å². The van der Waals surface area contributed by atoms with Crippen LogP contribution in [0.2, 0.25) is 0 Å². The number of carbonyl (C=O) groups excluding carboxylic acids is 2. The van der Waals surface area contributed by atoms with E-state index in [9.17, 15) is 14.7 Å². The van der Waals surface area contributed by atoms with Gasteiger partial charge < -0.3 is 14.7 Å². The highest BCUT2D eigenvalue weighted by Gasteiger charge is 2.61. The van der Waals surface area contributed by atoms with Crippen LogP contribution in [-0.4, -0.2) is 40.6 Å². The molecule has 2 aromatic carbocycles. The molecule has 5 heteroatoms. The Kier molecular flexibility index (Phi) is 5.91. The zero-order valence-electron chi connectivity index (χ0n) is 17.4. The van der Waals surface area contributed by atoms with Crippen molar-refractivity contribution in [3.05, 3.63) is 71.3 Å². The summed E-state index contributed by atoms with van der Waals surface area (Å²) in [7, 11) is 0. The minimum absolute atomic E-state index is 0.00789. The number of aliphatic hydroxyl groups excluding tert-OH is 1. The topological polar surface area (TPSA) is 66.8 Å². The van der Waals surface area contributed by atoms with Crippen molar-refractivity contribution in [1.29, 1.82) is 0 Å². The van der Waals surface area contributed by atoms with Crippen molar-refractivity contribution in [2.24, 2.45) is 5.41 Å². The van der Waals surface area contributed by atoms with Crippen LogP contribution >= 0.6 is 0 Å². The first kappa shape index (κ1) is 20.6. The quantitative estimate of drug-likeness (QED) is 0.716. The van der Waals surface area contributed by atoms with Gasteiger partial charge in [-0.25, -0.2) is 0 Å². The Labute approximate surface area is 177 Å². The predicted molar refractivity (Wildman–Crippen MR) is 114 cm³/mol. The van der Waals surface area contributed by atoms with Gasteiger partial charge >= 0.3 is 5.97 Å². The number of nitrogens with zero attached hydrogens (tertiary/aromatic N) is 1. The van der Waals surface area contributed by atoms with Crippen molar-refractivity contribution < 1.29 is 19.4 Å². The Hall–Kier alpha value is -2.66. The number of aliphatic hydroxyl groups is 1. The molecule has 3 atom stereocenters. The van der Waals surface area contributed by atoms with Crippen molar-refractivity contribution in [3.63, 3.8) is 0 Å². The fourth-order valence-corrected chi connectivity index (χ4v) is 5.30. The smallest absolute Gasteiger partial charge is 0.314 e. The van der Waals surface area contributed by atoms with Crippen LogP contribution in [0.4, 0.5) is 0 Å². The van der Waals surface area contributed by atoms with Crippen molar-refractivity contribution in [3.8, 4) is 0 Å². The van der Waals surface area contributed by atoms with Gasteiger partial charge in [-0.3, -0.25) is 9.59 Å². The molecule has 4 rings (SSSR count). The van der Waals surface area contributed by atoms with E-state index in [-0.39, 0.29) is 30.6 Å². The number of carbonyl (C=O) groups is 2. The molecule has 0 unspecified atom stereocenters. The van der Waals surface area contributed by atoms with E-state index in [1.807, 2.05) is 66.4 Å². The van der Waals surface area contributed by atoms with Gasteiger partial charge in [-0.05, 0) is 49.3 Å². The number of fused-ring (bicyclic) bond motifs is 2. The van der Waals surface area contributed by atoms with Gasteiger partial charge in [0, 0.05) is 12.1 Å². The van der Waals surface area contributed by atoms with Crippen LogP contribution in [0.5, 0.6) is 0 Å². The zero-order chi connectivity index (χ0) is 21.1. The first-order chi connectivity index (χ1) is 14.6. The fourth-order valence-electron chi connectivity index (χ4n) is 5.30. The molecule has 2 aromatic rings. The second-order valence-corrected chi connectivity index (χ2v) is 8.44. The first-order valence-corrected chi connectivity index (χ1v) is 10.8. The standard InChI is InChI=1S/C25H29NO4/c1-2-30-24(29)25(15-19-6-4-3-5-7-19)16-21-12-13-22(25)26(21)23(28)14-18-8-10-20(17-27)11-9-18/h3-11,21-22,27H,2,12-17H2,1H3/t21-,22+,25+/m1/s1. The molecule has 1 N–H and O–H groups in total. The van der Waals surface area contributed by atoms with Gasteiger partial charge in [-0.1, -0.05) is 54.6 Å². The van der Waals surface area contributed by atoms with E-state index >= 15 is 0 Å². The van der Waals surface area contributed by atoms with E-state index < -0.39 is 5.41 Å². The Morgan fingerprint density at radius 2 is 1.73 bits per heavy atom. The third-order valence-corrected chi connectivity index (χ3v) is 6.63. The van der Waals surface area contributed by atoms with Crippen molar-refractivity contribution in [1.82, 2.24) is 4.90 Å². The predicted octanol–water partition coefficient (Wildman–Crippen LogP) is 3.28. The van der Waals surface area contributed by atoms with Crippen LogP contribution in [0.25, 0.3) is 0 Å². The van der Waals surface area contributed by atoms with E-state index in [2.05, 4.69) is 0 Å². The molecular formula is C25H29NO4. The molecule has 2 bridgehead atoms. The average molecular weight is 408 g/mol. The molecule has 0 aliphatic carbocycles. The Balaban J connectivity index is 1.58. The lowest BCUT2D eigenvalue weighted by Gasteiger charge is -2.35. The number of benzene rings is 2. The minimum atomic E-state index is -0.670. The van der Waals surface area contributed by atoms with Gasteiger partial charge in [-0.15, -0.1) is 0 Å². The van der Waals surface area contributed by atoms with E-state index in [0.717, 1.165) is 29.5 Å². The normalized spacial score (nSPS) is 24.8. The number of esters is 1. The van der Waals surface area contributed by atoms with Gasteiger partial charge in [-0.2, -0.15) is 0 Å². The summed E-state index contributed by atoms with van der Waals surface area (Å²) in [6, 6.07) is 17.5. The number of rotatable bonds is 7. The monoisotopic (exact) mass is 407 g/mol. The SMILES string of the molecule is CCOC(=O)[C@@]1(Cc2ccccc2)C[C@H]2CC[C@@H]1N2C(=O)Cc1ccc(CO)cc1. The Morgan fingerprint density at radius 1 is 1.03 bits per heavy atom. The van der Waals surface area contributed by atoms with Gasteiger partial charge in [0.05, 0.1) is 25.0 Å². The second-order valence-electron chi connectivity index (χ2n) is 8.44. The summed E-state index contributed by atoms with van der Waals surface area (Å²) >= 11 is 0. The number of hydrogen-bond acceptors (Lipinski definition) is 4. The highest BCUT2D eigenvalue weighted by Crippen LogP contribution is 2.52. The van der Waals surface area contributed by atoms with Crippen LogP contribution in [0.1, 0.15) is 42.9 Å². The summed E-state index contributed by atoms with van der Waals surface area (Å²) in [4.78, 5) is 28.4. The molecule has 1 amide bonds. The van der Waals surface area contributed by atoms with Gasteiger partial charge in [0.25, 0.3) is 0 Å². The average Bonchev–Trinajstić information content (AvgIpc) is 3.32. The molecule has 2 saturated heterocycles. The molecule has 2 heterocycles.